The summed E-state index contributed by atoms with van der Waals surface area (Å²) < 4.78 is 4.79. The van der Waals surface area contributed by atoms with Gasteiger partial charge in [0.2, 0.25) is 5.82 Å². The molecule has 4 heteroatoms. The van der Waals surface area contributed by atoms with Crippen molar-refractivity contribution in [2.75, 3.05) is 0 Å². The average molecular weight is 231 g/mol. The largest absolute Gasteiger partial charge is 0.336 e. The normalized spacial score (nSPS) is 11.8. The Kier molecular flexibility index (Phi) is 2.98. The van der Waals surface area contributed by atoms with E-state index in [4.69, 9.17) is 4.52 Å². The number of nitrogens with zero attached hydrogens (tertiary/aromatic N) is 2. The van der Waals surface area contributed by atoms with E-state index in [-0.39, 0.29) is 11.3 Å². The summed E-state index contributed by atoms with van der Waals surface area (Å²) >= 11 is 0. The second-order valence-corrected chi connectivity index (χ2v) is 4.98. The lowest BCUT2D eigenvalue weighted by Crippen LogP contribution is -2.10. The van der Waals surface area contributed by atoms with Gasteiger partial charge in [0, 0.05) is 5.56 Å². The number of benzene rings is 1. The summed E-state index contributed by atoms with van der Waals surface area (Å²) in [6.07, 6.45) is 0. The molecule has 1 radical (unpaired) electrons. The molecular formula is C13H15N2O2. The van der Waals surface area contributed by atoms with Crippen LogP contribution in [-0.2, 0) is 17.1 Å². The lowest BCUT2D eigenvalue weighted by atomic mass is 9.87. The molecule has 0 amide bonds. The van der Waals surface area contributed by atoms with Crippen LogP contribution in [0.3, 0.4) is 0 Å². The van der Waals surface area contributed by atoms with Crippen molar-refractivity contribution < 1.29 is 9.63 Å². The van der Waals surface area contributed by atoms with Crippen LogP contribution in [0, 0.1) is 0 Å². The highest BCUT2D eigenvalue weighted by Gasteiger charge is 2.14. The second kappa shape index (κ2) is 4.30. The highest BCUT2D eigenvalue weighted by atomic mass is 16.5. The van der Waals surface area contributed by atoms with Crippen LogP contribution in [0.15, 0.2) is 28.8 Å². The van der Waals surface area contributed by atoms with Gasteiger partial charge < -0.3 is 4.52 Å². The van der Waals surface area contributed by atoms with Crippen LogP contribution < -0.4 is 0 Å². The van der Waals surface area contributed by atoms with Crippen molar-refractivity contribution in [3.63, 3.8) is 0 Å². The van der Waals surface area contributed by atoms with Gasteiger partial charge in [-0.15, -0.1) is 0 Å². The van der Waals surface area contributed by atoms with Crippen molar-refractivity contribution in [1.29, 1.82) is 0 Å². The predicted molar refractivity (Wildman–Crippen MR) is 62.8 cm³/mol. The maximum absolute atomic E-state index is 10.6. The summed E-state index contributed by atoms with van der Waals surface area (Å²) in [4.78, 5) is 4.00. The first-order valence-electron chi connectivity index (χ1n) is 5.52. The average Bonchev–Trinajstić information content (AvgIpc) is 2.76. The van der Waals surface area contributed by atoms with Crippen LogP contribution >= 0.6 is 0 Å². The van der Waals surface area contributed by atoms with Crippen LogP contribution in [0.4, 0.5) is 0 Å². The fourth-order valence-corrected chi connectivity index (χ4v) is 1.55. The Bertz CT molecular complexity index is 495. The van der Waals surface area contributed by atoms with E-state index in [1.165, 1.54) is 5.56 Å². The summed E-state index contributed by atoms with van der Waals surface area (Å²) in [7, 11) is 0. The molecule has 0 aliphatic heterocycles. The summed E-state index contributed by atoms with van der Waals surface area (Å²) in [6, 6.07) is 7.98. The molecule has 0 bridgehead atoms. The van der Waals surface area contributed by atoms with Gasteiger partial charge in [-0.2, -0.15) is 4.98 Å². The van der Waals surface area contributed by atoms with Gasteiger partial charge >= 0.3 is 0 Å². The Hall–Kier alpha value is -1.68. The Morgan fingerprint density at radius 1 is 1.18 bits per heavy atom. The van der Waals surface area contributed by atoms with Gasteiger partial charge in [0.25, 0.3) is 5.89 Å². The van der Waals surface area contributed by atoms with Crippen molar-refractivity contribution >= 4 is 0 Å². The lowest BCUT2D eigenvalue weighted by Gasteiger charge is -2.18. The van der Waals surface area contributed by atoms with Crippen LogP contribution in [0.25, 0.3) is 11.4 Å². The van der Waals surface area contributed by atoms with Gasteiger partial charge in [0.05, 0.1) is 0 Å². The molecule has 1 aromatic heterocycles. The molecule has 0 saturated carbocycles. The first-order chi connectivity index (χ1) is 8.00. The molecule has 0 saturated heterocycles. The van der Waals surface area contributed by atoms with E-state index in [1.54, 1.807) is 0 Å². The third-order valence-corrected chi connectivity index (χ3v) is 2.60. The van der Waals surface area contributed by atoms with E-state index < -0.39 is 6.61 Å². The molecule has 1 heterocycles. The van der Waals surface area contributed by atoms with Crippen molar-refractivity contribution in [1.82, 2.24) is 10.1 Å². The maximum atomic E-state index is 10.6. The quantitative estimate of drug-likeness (QED) is 0.798. The van der Waals surface area contributed by atoms with Gasteiger partial charge in [0.1, 0.15) is 0 Å². The molecule has 0 unspecified atom stereocenters. The molecule has 1 aromatic carbocycles. The highest BCUT2D eigenvalue weighted by molar-refractivity contribution is 5.55. The second-order valence-electron chi connectivity index (χ2n) is 4.98. The number of hydrogen-bond donors (Lipinski definition) is 0. The van der Waals surface area contributed by atoms with Crippen molar-refractivity contribution in [3.05, 3.63) is 35.7 Å². The Balaban J connectivity index is 2.29. The lowest BCUT2D eigenvalue weighted by molar-refractivity contribution is 0.142. The van der Waals surface area contributed by atoms with Gasteiger partial charge in [-0.05, 0) is 11.0 Å². The summed E-state index contributed by atoms with van der Waals surface area (Å²) in [5.74, 6) is 0.594. The standard InChI is InChI=1S/C13H15N2O2/c1-13(2,3)10-6-4-9(5-7-10)12-14-11(8-16)17-15-12/h4-7H,8H2,1-3H3. The number of hydrogen-bond acceptors (Lipinski definition) is 3. The molecule has 17 heavy (non-hydrogen) atoms. The molecule has 0 atom stereocenters. The van der Waals surface area contributed by atoms with E-state index in [0.29, 0.717) is 5.82 Å². The molecule has 4 nitrogen and oxygen atoms in total. The molecule has 0 aliphatic carbocycles. The highest BCUT2D eigenvalue weighted by Crippen LogP contribution is 2.24. The first-order valence-corrected chi connectivity index (χ1v) is 5.52. The van der Waals surface area contributed by atoms with E-state index in [2.05, 4.69) is 30.9 Å². The molecule has 2 rings (SSSR count). The number of rotatable bonds is 2. The Morgan fingerprint density at radius 3 is 2.29 bits per heavy atom. The third-order valence-electron chi connectivity index (χ3n) is 2.60. The monoisotopic (exact) mass is 231 g/mol. The van der Waals surface area contributed by atoms with E-state index in [9.17, 15) is 5.11 Å². The SMILES string of the molecule is CC(C)(C)c1ccc(-c2noc(C[O])n2)cc1. The van der Waals surface area contributed by atoms with E-state index >= 15 is 0 Å². The molecular weight excluding hydrogens is 216 g/mol. The molecule has 89 valence electrons. The smallest absolute Gasteiger partial charge is 0.256 e. The minimum Gasteiger partial charge on any atom is -0.336 e. The van der Waals surface area contributed by atoms with Crippen LogP contribution in [-0.4, -0.2) is 10.1 Å². The fourth-order valence-electron chi connectivity index (χ4n) is 1.55. The predicted octanol–water partition coefficient (Wildman–Crippen LogP) is 2.96. The topological polar surface area (TPSA) is 58.8 Å². The maximum Gasteiger partial charge on any atom is 0.256 e. The zero-order valence-electron chi connectivity index (χ0n) is 10.2. The fraction of sp³-hybridized carbons (Fsp3) is 0.385. The molecule has 0 fully saturated rings. The Labute approximate surface area is 100 Å². The zero-order chi connectivity index (χ0) is 12.5. The van der Waals surface area contributed by atoms with Crippen molar-refractivity contribution in [3.8, 4) is 11.4 Å². The van der Waals surface area contributed by atoms with Gasteiger partial charge in [0.15, 0.2) is 6.61 Å². The van der Waals surface area contributed by atoms with Gasteiger partial charge in [-0.1, -0.05) is 50.2 Å². The minimum absolute atomic E-state index is 0.121. The summed E-state index contributed by atoms with van der Waals surface area (Å²) in [5.41, 5.74) is 2.23. The van der Waals surface area contributed by atoms with Crippen LogP contribution in [0.1, 0.15) is 32.2 Å². The van der Waals surface area contributed by atoms with Crippen molar-refractivity contribution in [2.24, 2.45) is 0 Å². The van der Waals surface area contributed by atoms with Gasteiger partial charge in [-0.3, -0.25) is 0 Å². The number of aromatic nitrogens is 2. The zero-order valence-corrected chi connectivity index (χ0v) is 10.2. The molecule has 0 spiro atoms. The first kappa shape index (κ1) is 11.8. The Morgan fingerprint density at radius 2 is 1.82 bits per heavy atom. The summed E-state index contributed by atoms with van der Waals surface area (Å²) in [5, 5.41) is 14.3. The third kappa shape index (κ3) is 2.53. The van der Waals surface area contributed by atoms with E-state index in [0.717, 1.165) is 5.56 Å². The van der Waals surface area contributed by atoms with Crippen LogP contribution in [0.5, 0.6) is 0 Å². The van der Waals surface area contributed by atoms with Gasteiger partial charge in [-0.25, -0.2) is 5.11 Å². The van der Waals surface area contributed by atoms with E-state index in [1.807, 2.05) is 24.3 Å². The molecule has 0 N–H and O–H groups in total. The van der Waals surface area contributed by atoms with Crippen molar-refractivity contribution in [2.45, 2.75) is 32.8 Å². The minimum atomic E-state index is -0.479. The molecule has 2 aromatic rings. The molecule has 0 aliphatic rings. The van der Waals surface area contributed by atoms with Crippen LogP contribution in [0.2, 0.25) is 0 Å². The summed E-state index contributed by atoms with van der Waals surface area (Å²) in [6.45, 7) is 6.00.